The van der Waals surface area contributed by atoms with Gasteiger partial charge >= 0.3 is 6.18 Å². The van der Waals surface area contributed by atoms with Gasteiger partial charge in [-0.05, 0) is 60.7 Å². The molecule has 152 valence electrons. The van der Waals surface area contributed by atoms with E-state index in [1.54, 1.807) is 12.1 Å². The predicted molar refractivity (Wildman–Crippen MR) is 98.1 cm³/mol. The van der Waals surface area contributed by atoms with Crippen molar-refractivity contribution in [3.05, 3.63) is 53.1 Å². The Morgan fingerprint density at radius 3 is 2.50 bits per heavy atom. The highest BCUT2D eigenvalue weighted by Crippen LogP contribution is 2.36. The third-order valence-electron chi connectivity index (χ3n) is 4.48. The van der Waals surface area contributed by atoms with Gasteiger partial charge in [-0.25, -0.2) is 8.42 Å². The van der Waals surface area contributed by atoms with E-state index >= 15 is 0 Å². The van der Waals surface area contributed by atoms with Crippen LogP contribution in [-0.2, 0) is 33.8 Å². The highest BCUT2D eigenvalue weighted by molar-refractivity contribution is 7.92. The zero-order chi connectivity index (χ0) is 20.4. The molecule has 2 aromatic rings. The molecule has 0 saturated heterocycles. The minimum Gasteiger partial charge on any atom is -0.489 e. The van der Waals surface area contributed by atoms with E-state index in [1.165, 1.54) is 13.2 Å². The van der Waals surface area contributed by atoms with E-state index in [-0.39, 0.29) is 29.5 Å². The fourth-order valence-corrected chi connectivity index (χ4v) is 4.18. The Hall–Kier alpha value is -2.26. The van der Waals surface area contributed by atoms with Crippen LogP contribution >= 0.6 is 0 Å². The van der Waals surface area contributed by atoms with Gasteiger partial charge in [0.25, 0.3) is 10.0 Å². The van der Waals surface area contributed by atoms with E-state index in [9.17, 15) is 21.6 Å². The first-order valence-electron chi connectivity index (χ1n) is 8.68. The molecule has 0 aromatic heterocycles. The third kappa shape index (κ3) is 4.59. The van der Waals surface area contributed by atoms with Crippen molar-refractivity contribution < 1.29 is 31.1 Å². The van der Waals surface area contributed by atoms with Gasteiger partial charge < -0.3 is 9.47 Å². The second-order valence-corrected chi connectivity index (χ2v) is 8.12. The maximum atomic E-state index is 13.1. The molecule has 1 aliphatic carbocycles. The van der Waals surface area contributed by atoms with Gasteiger partial charge in [0.1, 0.15) is 12.4 Å². The van der Waals surface area contributed by atoms with Gasteiger partial charge in [-0.2, -0.15) is 13.2 Å². The van der Waals surface area contributed by atoms with Gasteiger partial charge in [0.15, 0.2) is 0 Å². The molecule has 5 nitrogen and oxygen atoms in total. The molecule has 0 heterocycles. The molecule has 0 unspecified atom stereocenters. The molecule has 1 N–H and O–H groups in total. The number of halogens is 3. The normalized spacial score (nSPS) is 14.0. The average Bonchev–Trinajstić information content (AvgIpc) is 3.09. The Bertz CT molecular complexity index is 958. The topological polar surface area (TPSA) is 64.6 Å². The van der Waals surface area contributed by atoms with Crippen molar-refractivity contribution in [3.8, 4) is 5.75 Å². The highest BCUT2D eigenvalue weighted by Gasteiger charge is 2.32. The maximum absolute atomic E-state index is 13.1. The Kier molecular flexibility index (Phi) is 5.85. The summed E-state index contributed by atoms with van der Waals surface area (Å²) in [6.45, 7) is 0.271. The van der Waals surface area contributed by atoms with Crippen LogP contribution in [0.25, 0.3) is 0 Å². The smallest absolute Gasteiger partial charge is 0.416 e. The number of hydrogen-bond acceptors (Lipinski definition) is 4. The van der Waals surface area contributed by atoms with Crippen LogP contribution in [-0.4, -0.2) is 28.7 Å². The number of aryl methyl sites for hydroxylation is 2. The van der Waals surface area contributed by atoms with Crippen molar-refractivity contribution in [1.82, 2.24) is 0 Å². The fourth-order valence-electron chi connectivity index (χ4n) is 3.07. The SMILES string of the molecule is COCCOc1ccc(C(F)(F)F)cc1NS(=O)(=O)c1ccc2c(c1)CCC2. The average molecular weight is 415 g/mol. The van der Waals surface area contributed by atoms with Crippen LogP contribution in [0.2, 0.25) is 0 Å². The summed E-state index contributed by atoms with van der Waals surface area (Å²) in [5, 5.41) is 0. The Labute approximate surface area is 161 Å². The lowest BCUT2D eigenvalue weighted by Gasteiger charge is -2.16. The summed E-state index contributed by atoms with van der Waals surface area (Å²) < 4.78 is 77.2. The molecule has 0 aliphatic heterocycles. The summed E-state index contributed by atoms with van der Waals surface area (Å²) in [4.78, 5) is 0.00778. The lowest BCUT2D eigenvalue weighted by atomic mass is 10.1. The van der Waals surface area contributed by atoms with E-state index in [1.807, 2.05) is 0 Å². The van der Waals surface area contributed by atoms with Crippen LogP contribution in [0.4, 0.5) is 18.9 Å². The number of alkyl halides is 3. The van der Waals surface area contributed by atoms with Crippen LogP contribution in [0.5, 0.6) is 5.75 Å². The molecule has 0 saturated carbocycles. The molecule has 2 aromatic carbocycles. The monoisotopic (exact) mass is 415 g/mol. The zero-order valence-corrected chi connectivity index (χ0v) is 16.0. The van der Waals surface area contributed by atoms with E-state index in [0.717, 1.165) is 48.6 Å². The molecular weight excluding hydrogens is 395 g/mol. The number of ether oxygens (including phenoxy) is 2. The van der Waals surface area contributed by atoms with Crippen molar-refractivity contribution in [2.75, 3.05) is 25.0 Å². The number of hydrogen-bond donors (Lipinski definition) is 1. The third-order valence-corrected chi connectivity index (χ3v) is 5.84. The number of sulfonamides is 1. The summed E-state index contributed by atoms with van der Waals surface area (Å²) >= 11 is 0. The lowest BCUT2D eigenvalue weighted by Crippen LogP contribution is -2.16. The van der Waals surface area contributed by atoms with Gasteiger partial charge in [-0.1, -0.05) is 6.07 Å². The first-order chi connectivity index (χ1) is 13.2. The second kappa shape index (κ2) is 8.00. The molecule has 9 heteroatoms. The van der Waals surface area contributed by atoms with Gasteiger partial charge in [-0.15, -0.1) is 0 Å². The molecule has 0 radical (unpaired) electrons. The maximum Gasteiger partial charge on any atom is 0.416 e. The number of methoxy groups -OCH3 is 1. The summed E-state index contributed by atoms with van der Waals surface area (Å²) in [6.07, 6.45) is -1.97. The van der Waals surface area contributed by atoms with Crippen molar-refractivity contribution in [2.24, 2.45) is 0 Å². The molecule has 0 amide bonds. The minimum absolute atomic E-state index is 0.00483. The Morgan fingerprint density at radius 2 is 1.79 bits per heavy atom. The van der Waals surface area contributed by atoms with Gasteiger partial charge in [0, 0.05) is 7.11 Å². The van der Waals surface area contributed by atoms with E-state index < -0.39 is 21.8 Å². The fraction of sp³-hybridized carbons (Fsp3) is 0.368. The number of benzene rings is 2. The van der Waals surface area contributed by atoms with Gasteiger partial charge in [0.05, 0.1) is 22.8 Å². The second-order valence-electron chi connectivity index (χ2n) is 6.44. The number of anilines is 1. The van der Waals surface area contributed by atoms with E-state index in [0.29, 0.717) is 0 Å². The summed E-state index contributed by atoms with van der Waals surface area (Å²) in [5.74, 6) is -0.00483. The molecular formula is C19H20F3NO4S. The number of fused-ring (bicyclic) bond motifs is 1. The van der Waals surface area contributed by atoms with E-state index in [2.05, 4.69) is 4.72 Å². The molecule has 1 aliphatic rings. The van der Waals surface area contributed by atoms with Crippen molar-refractivity contribution in [2.45, 2.75) is 30.3 Å². The Balaban J connectivity index is 1.93. The molecule has 0 atom stereocenters. The first-order valence-corrected chi connectivity index (χ1v) is 10.2. The molecule has 0 spiro atoms. The van der Waals surface area contributed by atoms with Crippen molar-refractivity contribution in [1.29, 1.82) is 0 Å². The highest BCUT2D eigenvalue weighted by atomic mass is 32.2. The quantitative estimate of drug-likeness (QED) is 0.694. The van der Waals surface area contributed by atoms with Crippen molar-refractivity contribution in [3.63, 3.8) is 0 Å². The summed E-state index contributed by atoms with van der Waals surface area (Å²) in [7, 11) is -2.63. The van der Waals surface area contributed by atoms with Crippen LogP contribution in [0, 0.1) is 0 Å². The van der Waals surface area contributed by atoms with Crippen LogP contribution in [0.15, 0.2) is 41.3 Å². The van der Waals surface area contributed by atoms with Gasteiger partial charge in [-0.3, -0.25) is 4.72 Å². The zero-order valence-electron chi connectivity index (χ0n) is 15.2. The number of nitrogens with one attached hydrogen (secondary N) is 1. The predicted octanol–water partition coefficient (Wildman–Crippen LogP) is 4.02. The lowest BCUT2D eigenvalue weighted by molar-refractivity contribution is -0.137. The van der Waals surface area contributed by atoms with Crippen LogP contribution in [0.3, 0.4) is 0 Å². The summed E-state index contributed by atoms with van der Waals surface area (Å²) in [5.41, 5.74) is 0.801. The molecule has 0 bridgehead atoms. The van der Waals surface area contributed by atoms with Crippen molar-refractivity contribution >= 4 is 15.7 Å². The van der Waals surface area contributed by atoms with E-state index in [4.69, 9.17) is 9.47 Å². The van der Waals surface area contributed by atoms with Crippen LogP contribution < -0.4 is 9.46 Å². The Morgan fingerprint density at radius 1 is 1.04 bits per heavy atom. The largest absolute Gasteiger partial charge is 0.489 e. The van der Waals surface area contributed by atoms with Crippen LogP contribution in [0.1, 0.15) is 23.1 Å². The molecule has 0 fully saturated rings. The number of rotatable bonds is 7. The minimum atomic E-state index is -4.61. The molecule has 3 rings (SSSR count). The van der Waals surface area contributed by atoms with Gasteiger partial charge in [0.2, 0.25) is 0 Å². The first kappa shape index (κ1) is 20.5. The standard InChI is InChI=1S/C19H20F3NO4S/c1-26-9-10-27-18-8-6-15(19(20,21)22)12-17(18)23-28(24,25)16-7-5-13-3-2-4-14(13)11-16/h5-8,11-12,23H,2-4,9-10H2,1H3. The molecule has 28 heavy (non-hydrogen) atoms. The summed E-state index contributed by atoms with van der Waals surface area (Å²) in [6, 6.07) is 7.45.